The van der Waals surface area contributed by atoms with Gasteiger partial charge in [0.1, 0.15) is 0 Å². The Morgan fingerprint density at radius 1 is 1.33 bits per heavy atom. The fourth-order valence-corrected chi connectivity index (χ4v) is 1.77. The Kier molecular flexibility index (Phi) is 3.97. The molecule has 6 heteroatoms. The topological polar surface area (TPSA) is 32.7 Å². The van der Waals surface area contributed by atoms with Crippen LogP contribution in [0.2, 0.25) is 0 Å². The number of aliphatic hydroxyl groups is 1. The van der Waals surface area contributed by atoms with Crippen LogP contribution in [0.5, 0.6) is 0 Å². The quantitative estimate of drug-likeness (QED) is 0.781. The fraction of sp³-hybridized carbons (Fsp3) is 1.00. The highest BCUT2D eigenvalue weighted by Gasteiger charge is 2.35. The standard InChI is InChI=1S/C9H16F3NO2/c1-13(7-9(10,11)12)6-8(14)2-4-15-5-3-8/h14H,2-7H2,1H3. The molecule has 0 bridgehead atoms. The molecule has 0 amide bonds. The number of hydrogen-bond donors (Lipinski definition) is 1. The Balaban J connectivity index is 2.38. The highest BCUT2D eigenvalue weighted by atomic mass is 19.4. The van der Waals surface area contributed by atoms with E-state index < -0.39 is 18.3 Å². The molecule has 0 spiro atoms. The third-order valence-corrected chi connectivity index (χ3v) is 2.44. The fourth-order valence-electron chi connectivity index (χ4n) is 1.77. The molecular formula is C9H16F3NO2. The number of hydrogen-bond acceptors (Lipinski definition) is 3. The summed E-state index contributed by atoms with van der Waals surface area (Å²) >= 11 is 0. The molecule has 1 aliphatic heterocycles. The molecule has 3 nitrogen and oxygen atoms in total. The third-order valence-electron chi connectivity index (χ3n) is 2.44. The van der Waals surface area contributed by atoms with Gasteiger partial charge in [-0.2, -0.15) is 13.2 Å². The van der Waals surface area contributed by atoms with Crippen molar-refractivity contribution in [2.45, 2.75) is 24.6 Å². The van der Waals surface area contributed by atoms with Gasteiger partial charge < -0.3 is 9.84 Å². The van der Waals surface area contributed by atoms with Gasteiger partial charge in [-0.3, -0.25) is 4.90 Å². The lowest BCUT2D eigenvalue weighted by atomic mass is 9.94. The van der Waals surface area contributed by atoms with Gasteiger partial charge in [-0.1, -0.05) is 0 Å². The summed E-state index contributed by atoms with van der Waals surface area (Å²) in [7, 11) is 1.36. The monoisotopic (exact) mass is 227 g/mol. The van der Waals surface area contributed by atoms with Crippen molar-refractivity contribution >= 4 is 0 Å². The smallest absolute Gasteiger partial charge is 0.388 e. The highest BCUT2D eigenvalue weighted by molar-refractivity contribution is 4.84. The summed E-state index contributed by atoms with van der Waals surface area (Å²) in [5.74, 6) is 0. The molecule has 0 saturated carbocycles. The van der Waals surface area contributed by atoms with Crippen molar-refractivity contribution < 1.29 is 23.0 Å². The molecule has 0 unspecified atom stereocenters. The van der Waals surface area contributed by atoms with Crippen LogP contribution in [-0.2, 0) is 4.74 Å². The summed E-state index contributed by atoms with van der Waals surface area (Å²) in [5, 5.41) is 9.95. The molecule has 1 fully saturated rings. The van der Waals surface area contributed by atoms with Gasteiger partial charge in [0.2, 0.25) is 0 Å². The van der Waals surface area contributed by atoms with Crippen molar-refractivity contribution in [3.8, 4) is 0 Å². The predicted molar refractivity (Wildman–Crippen MR) is 48.6 cm³/mol. The van der Waals surface area contributed by atoms with Crippen LogP contribution in [-0.4, -0.2) is 55.1 Å². The van der Waals surface area contributed by atoms with Gasteiger partial charge in [-0.05, 0) is 7.05 Å². The Labute approximate surface area is 86.8 Å². The lowest BCUT2D eigenvalue weighted by Crippen LogP contribution is -2.47. The second kappa shape index (κ2) is 4.67. The first-order valence-electron chi connectivity index (χ1n) is 4.86. The minimum absolute atomic E-state index is 0.0376. The van der Waals surface area contributed by atoms with Crippen molar-refractivity contribution in [1.29, 1.82) is 0 Å². The molecule has 0 aromatic heterocycles. The Hall–Kier alpha value is -0.330. The number of alkyl halides is 3. The van der Waals surface area contributed by atoms with Crippen LogP contribution < -0.4 is 0 Å². The molecule has 0 aromatic rings. The van der Waals surface area contributed by atoms with Crippen LogP contribution >= 0.6 is 0 Å². The van der Waals surface area contributed by atoms with Gasteiger partial charge in [-0.25, -0.2) is 0 Å². The van der Waals surface area contributed by atoms with Crippen molar-refractivity contribution in [2.24, 2.45) is 0 Å². The van der Waals surface area contributed by atoms with Gasteiger partial charge in [0, 0.05) is 32.6 Å². The summed E-state index contributed by atoms with van der Waals surface area (Å²) in [4.78, 5) is 1.10. The summed E-state index contributed by atoms with van der Waals surface area (Å²) in [6, 6.07) is 0. The van der Waals surface area contributed by atoms with Gasteiger partial charge in [0.15, 0.2) is 0 Å². The molecule has 1 aliphatic rings. The maximum atomic E-state index is 12.0. The van der Waals surface area contributed by atoms with Gasteiger partial charge in [-0.15, -0.1) is 0 Å². The van der Waals surface area contributed by atoms with Crippen molar-refractivity contribution in [2.75, 3.05) is 33.4 Å². The minimum atomic E-state index is -4.21. The zero-order chi connectivity index (χ0) is 11.5. The summed E-state index contributed by atoms with van der Waals surface area (Å²) < 4.78 is 41.2. The predicted octanol–water partition coefficient (Wildman–Crippen LogP) is 1.02. The van der Waals surface area contributed by atoms with E-state index in [9.17, 15) is 18.3 Å². The molecule has 0 aromatic carbocycles. The zero-order valence-electron chi connectivity index (χ0n) is 8.68. The minimum Gasteiger partial charge on any atom is -0.388 e. The second-order valence-corrected chi connectivity index (χ2v) is 4.12. The third kappa shape index (κ3) is 4.81. The molecular weight excluding hydrogens is 211 g/mol. The second-order valence-electron chi connectivity index (χ2n) is 4.12. The van der Waals surface area contributed by atoms with E-state index in [0.717, 1.165) is 4.90 Å². The lowest BCUT2D eigenvalue weighted by molar-refractivity contribution is -0.153. The molecule has 1 rings (SSSR count). The Morgan fingerprint density at radius 3 is 2.33 bits per heavy atom. The van der Waals surface area contributed by atoms with Gasteiger partial charge in [0.25, 0.3) is 0 Å². The highest BCUT2D eigenvalue weighted by Crippen LogP contribution is 2.23. The number of ether oxygens (including phenoxy) is 1. The van der Waals surface area contributed by atoms with E-state index >= 15 is 0 Å². The first kappa shape index (κ1) is 12.7. The molecule has 0 atom stereocenters. The van der Waals surface area contributed by atoms with E-state index in [2.05, 4.69) is 0 Å². The number of halogens is 3. The first-order chi connectivity index (χ1) is 6.81. The molecule has 0 aliphatic carbocycles. The van der Waals surface area contributed by atoms with Gasteiger partial charge in [0.05, 0.1) is 12.1 Å². The lowest BCUT2D eigenvalue weighted by Gasteiger charge is -2.35. The number of likely N-dealkylation sites (N-methyl/N-ethyl adjacent to an activating group) is 1. The molecule has 90 valence electrons. The number of nitrogens with zero attached hydrogens (tertiary/aromatic N) is 1. The van der Waals surface area contributed by atoms with Crippen LogP contribution in [0, 0.1) is 0 Å². The molecule has 15 heavy (non-hydrogen) atoms. The van der Waals surface area contributed by atoms with Crippen LogP contribution in [0.15, 0.2) is 0 Å². The molecule has 1 N–H and O–H groups in total. The van der Waals surface area contributed by atoms with Crippen molar-refractivity contribution in [3.05, 3.63) is 0 Å². The summed E-state index contributed by atoms with van der Waals surface area (Å²) in [6.07, 6.45) is -3.42. The average molecular weight is 227 g/mol. The van der Waals surface area contributed by atoms with E-state index in [0.29, 0.717) is 26.1 Å². The SMILES string of the molecule is CN(CC(F)(F)F)CC1(O)CCOCC1. The van der Waals surface area contributed by atoms with E-state index in [1.54, 1.807) is 0 Å². The molecule has 0 radical (unpaired) electrons. The maximum Gasteiger partial charge on any atom is 0.401 e. The van der Waals surface area contributed by atoms with Crippen molar-refractivity contribution in [1.82, 2.24) is 4.90 Å². The number of rotatable bonds is 3. The van der Waals surface area contributed by atoms with E-state index in [-0.39, 0.29) is 6.54 Å². The van der Waals surface area contributed by atoms with Crippen molar-refractivity contribution in [3.63, 3.8) is 0 Å². The molecule has 1 heterocycles. The normalized spacial score (nSPS) is 22.0. The zero-order valence-corrected chi connectivity index (χ0v) is 8.68. The van der Waals surface area contributed by atoms with Crippen LogP contribution in [0.4, 0.5) is 13.2 Å². The van der Waals surface area contributed by atoms with E-state index in [1.165, 1.54) is 7.05 Å². The summed E-state index contributed by atoms with van der Waals surface area (Å²) in [6.45, 7) is -0.126. The van der Waals surface area contributed by atoms with E-state index in [1.807, 2.05) is 0 Å². The van der Waals surface area contributed by atoms with Crippen LogP contribution in [0.1, 0.15) is 12.8 Å². The summed E-state index contributed by atoms with van der Waals surface area (Å²) in [5.41, 5.74) is -1.03. The van der Waals surface area contributed by atoms with Crippen LogP contribution in [0.3, 0.4) is 0 Å². The largest absolute Gasteiger partial charge is 0.401 e. The Morgan fingerprint density at radius 2 is 1.87 bits per heavy atom. The average Bonchev–Trinajstić information content (AvgIpc) is 1.99. The maximum absolute atomic E-state index is 12.0. The van der Waals surface area contributed by atoms with Crippen LogP contribution in [0.25, 0.3) is 0 Å². The first-order valence-corrected chi connectivity index (χ1v) is 4.86. The Bertz CT molecular complexity index is 202. The van der Waals surface area contributed by atoms with Gasteiger partial charge >= 0.3 is 6.18 Å². The molecule has 1 saturated heterocycles. The van der Waals surface area contributed by atoms with E-state index in [4.69, 9.17) is 4.74 Å².